The molecular weight excluding hydrogens is 385 g/mol. The average molecular weight is 404 g/mol. The lowest BCUT2D eigenvalue weighted by molar-refractivity contribution is -0.116. The summed E-state index contributed by atoms with van der Waals surface area (Å²) in [4.78, 5) is 12.8. The molecule has 2 aliphatic rings. The molecule has 0 unspecified atom stereocenters. The van der Waals surface area contributed by atoms with E-state index in [2.05, 4.69) is 5.32 Å². The molecule has 0 bridgehead atoms. The van der Waals surface area contributed by atoms with Crippen LogP contribution in [-0.2, 0) is 4.79 Å². The van der Waals surface area contributed by atoms with Crippen molar-refractivity contribution in [2.24, 2.45) is 0 Å². The second-order valence-electron chi connectivity index (χ2n) is 6.69. The van der Waals surface area contributed by atoms with Gasteiger partial charge in [-0.05, 0) is 42.2 Å². The van der Waals surface area contributed by atoms with E-state index in [4.69, 9.17) is 32.7 Å². The number of benzene rings is 2. The largest absolute Gasteiger partial charge is 0.493 e. The zero-order valence-corrected chi connectivity index (χ0v) is 16.6. The van der Waals surface area contributed by atoms with Crippen LogP contribution in [0.5, 0.6) is 11.5 Å². The maximum absolute atomic E-state index is 12.8. The summed E-state index contributed by atoms with van der Waals surface area (Å²) < 4.78 is 10.9. The van der Waals surface area contributed by atoms with Crippen LogP contribution in [0.3, 0.4) is 0 Å². The number of hydrogen-bond acceptors (Lipinski definition) is 4. The topological polar surface area (TPSA) is 47.6 Å². The highest BCUT2D eigenvalue weighted by atomic mass is 35.5. The van der Waals surface area contributed by atoms with Gasteiger partial charge in [-0.2, -0.15) is 0 Å². The van der Waals surface area contributed by atoms with Crippen LogP contribution in [0.1, 0.15) is 36.3 Å². The molecule has 2 aromatic rings. The average Bonchev–Trinajstić information content (AvgIpc) is 2.67. The van der Waals surface area contributed by atoms with Crippen molar-refractivity contribution in [1.29, 1.82) is 0 Å². The van der Waals surface area contributed by atoms with Gasteiger partial charge in [-0.15, -0.1) is 0 Å². The van der Waals surface area contributed by atoms with E-state index >= 15 is 0 Å². The number of anilines is 1. The van der Waals surface area contributed by atoms with Crippen LogP contribution in [0.25, 0.3) is 0 Å². The summed E-state index contributed by atoms with van der Waals surface area (Å²) >= 11 is 12.4. The molecule has 1 heterocycles. The zero-order valence-electron chi connectivity index (χ0n) is 15.1. The number of nitrogens with one attached hydrogen (secondary N) is 1. The molecule has 27 heavy (non-hydrogen) atoms. The second-order valence-corrected chi connectivity index (χ2v) is 7.51. The Morgan fingerprint density at radius 1 is 1.00 bits per heavy atom. The summed E-state index contributed by atoms with van der Waals surface area (Å²) in [5, 5.41) is 4.41. The van der Waals surface area contributed by atoms with Crippen LogP contribution in [0.2, 0.25) is 10.0 Å². The van der Waals surface area contributed by atoms with Gasteiger partial charge in [0.15, 0.2) is 17.3 Å². The fourth-order valence-electron chi connectivity index (χ4n) is 3.93. The summed E-state index contributed by atoms with van der Waals surface area (Å²) in [6.45, 7) is 0. The van der Waals surface area contributed by atoms with Gasteiger partial charge in [0.2, 0.25) is 0 Å². The van der Waals surface area contributed by atoms with Gasteiger partial charge in [-0.1, -0.05) is 29.3 Å². The van der Waals surface area contributed by atoms with Crippen LogP contribution in [0.4, 0.5) is 5.69 Å². The first-order chi connectivity index (χ1) is 13.0. The molecule has 2 aromatic carbocycles. The predicted molar refractivity (Wildman–Crippen MR) is 107 cm³/mol. The molecule has 0 aromatic heterocycles. The number of rotatable bonds is 3. The second kappa shape index (κ2) is 7.10. The highest BCUT2D eigenvalue weighted by molar-refractivity contribution is 6.42. The Hall–Kier alpha value is -2.17. The summed E-state index contributed by atoms with van der Waals surface area (Å²) in [6, 6.07) is 9.39. The van der Waals surface area contributed by atoms with E-state index in [0.29, 0.717) is 28.0 Å². The maximum atomic E-state index is 12.8. The van der Waals surface area contributed by atoms with Crippen LogP contribution < -0.4 is 14.8 Å². The van der Waals surface area contributed by atoms with E-state index in [1.807, 2.05) is 24.3 Å². The molecule has 0 spiro atoms. The number of Topliss-reactive ketones (excluding diaryl/α,β-unsaturated/α-hetero) is 1. The van der Waals surface area contributed by atoms with Crippen molar-refractivity contribution >= 4 is 34.7 Å². The fourth-order valence-corrected chi connectivity index (χ4v) is 4.23. The van der Waals surface area contributed by atoms with E-state index in [1.54, 1.807) is 20.3 Å². The third-order valence-corrected chi connectivity index (χ3v) is 5.91. The van der Waals surface area contributed by atoms with Crippen molar-refractivity contribution in [2.75, 3.05) is 19.5 Å². The maximum Gasteiger partial charge on any atom is 0.162 e. The van der Waals surface area contributed by atoms with Crippen molar-refractivity contribution in [3.63, 3.8) is 0 Å². The molecule has 0 saturated carbocycles. The lowest BCUT2D eigenvalue weighted by atomic mass is 9.75. The van der Waals surface area contributed by atoms with Crippen LogP contribution >= 0.6 is 23.2 Å². The number of ether oxygens (including phenoxy) is 2. The number of hydrogen-bond donors (Lipinski definition) is 1. The SMILES string of the molecule is COc1cc2c(cc1OC)[C@H](c1ccc(Cl)c(Cl)c1)C1=C(CCCC1=O)N2. The molecule has 1 aliphatic carbocycles. The monoisotopic (exact) mass is 403 g/mol. The van der Waals surface area contributed by atoms with Gasteiger partial charge in [0, 0.05) is 35.4 Å². The first-order valence-electron chi connectivity index (χ1n) is 8.77. The van der Waals surface area contributed by atoms with E-state index in [9.17, 15) is 4.79 Å². The fraction of sp³-hybridized carbons (Fsp3) is 0.286. The molecule has 1 aliphatic heterocycles. The number of carbonyl (C=O) groups excluding carboxylic acids is 1. The number of fused-ring (bicyclic) bond motifs is 1. The molecule has 1 N–H and O–H groups in total. The number of allylic oxidation sites excluding steroid dienone is 2. The van der Waals surface area contributed by atoms with E-state index in [0.717, 1.165) is 40.9 Å². The van der Waals surface area contributed by atoms with Crippen molar-refractivity contribution in [3.8, 4) is 11.5 Å². The van der Waals surface area contributed by atoms with Gasteiger partial charge in [0.25, 0.3) is 0 Å². The van der Waals surface area contributed by atoms with Gasteiger partial charge in [0.05, 0.1) is 24.3 Å². The number of methoxy groups -OCH3 is 2. The highest BCUT2D eigenvalue weighted by Crippen LogP contribution is 2.49. The molecule has 4 nitrogen and oxygen atoms in total. The predicted octanol–water partition coefficient (Wildman–Crippen LogP) is 5.58. The minimum absolute atomic E-state index is 0.167. The molecule has 140 valence electrons. The Bertz CT molecular complexity index is 968. The Labute approximate surface area is 168 Å². The van der Waals surface area contributed by atoms with Crippen LogP contribution in [-0.4, -0.2) is 20.0 Å². The lowest BCUT2D eigenvalue weighted by Crippen LogP contribution is -2.27. The standard InChI is InChI=1S/C21H19Cl2NO3/c1-26-18-9-12-16(10-19(18)27-2)24-15-4-3-5-17(25)21(15)20(12)11-6-7-13(22)14(23)8-11/h6-10,20,24H,3-5H2,1-2H3/t20-/m0/s1. The van der Waals surface area contributed by atoms with E-state index in [1.165, 1.54) is 0 Å². The van der Waals surface area contributed by atoms with E-state index < -0.39 is 0 Å². The smallest absolute Gasteiger partial charge is 0.162 e. The van der Waals surface area contributed by atoms with Gasteiger partial charge >= 0.3 is 0 Å². The Morgan fingerprint density at radius 3 is 2.44 bits per heavy atom. The summed E-state index contributed by atoms with van der Waals surface area (Å²) in [6.07, 6.45) is 2.25. The van der Waals surface area contributed by atoms with E-state index in [-0.39, 0.29) is 11.7 Å². The summed E-state index contributed by atoms with van der Waals surface area (Å²) in [5.74, 6) is 1.21. The molecule has 4 rings (SSSR count). The summed E-state index contributed by atoms with van der Waals surface area (Å²) in [7, 11) is 3.21. The third kappa shape index (κ3) is 3.07. The Balaban J connectivity index is 1.96. The minimum atomic E-state index is -0.223. The van der Waals surface area contributed by atoms with Crippen molar-refractivity contribution in [2.45, 2.75) is 25.2 Å². The quantitative estimate of drug-likeness (QED) is 0.726. The lowest BCUT2D eigenvalue weighted by Gasteiger charge is -2.34. The first-order valence-corrected chi connectivity index (χ1v) is 9.53. The zero-order chi connectivity index (χ0) is 19.1. The number of ketones is 1. The normalized spacial score (nSPS) is 18.5. The number of carbonyl (C=O) groups is 1. The molecule has 0 radical (unpaired) electrons. The molecule has 0 amide bonds. The molecule has 0 saturated heterocycles. The van der Waals surface area contributed by atoms with Crippen LogP contribution in [0, 0.1) is 0 Å². The van der Waals surface area contributed by atoms with Gasteiger partial charge in [-0.25, -0.2) is 0 Å². The van der Waals surface area contributed by atoms with Crippen LogP contribution in [0.15, 0.2) is 41.6 Å². The van der Waals surface area contributed by atoms with Gasteiger partial charge in [-0.3, -0.25) is 4.79 Å². The highest BCUT2D eigenvalue weighted by Gasteiger charge is 2.36. The molecular formula is C21H19Cl2NO3. The molecule has 0 fully saturated rings. The first kappa shape index (κ1) is 18.2. The van der Waals surface area contributed by atoms with Gasteiger partial charge < -0.3 is 14.8 Å². The van der Waals surface area contributed by atoms with Crippen molar-refractivity contribution in [1.82, 2.24) is 0 Å². The third-order valence-electron chi connectivity index (χ3n) is 5.17. The van der Waals surface area contributed by atoms with Crippen molar-refractivity contribution < 1.29 is 14.3 Å². The van der Waals surface area contributed by atoms with Gasteiger partial charge in [0.1, 0.15) is 0 Å². The van der Waals surface area contributed by atoms with Crippen molar-refractivity contribution in [3.05, 3.63) is 62.8 Å². The molecule has 6 heteroatoms. The molecule has 1 atom stereocenters. The Morgan fingerprint density at radius 2 is 1.74 bits per heavy atom. The number of halogens is 2. The minimum Gasteiger partial charge on any atom is -0.493 e. The Kier molecular flexibility index (Phi) is 4.79. The summed E-state index contributed by atoms with van der Waals surface area (Å²) in [5.41, 5.74) is 4.58.